The molecule has 18 heavy (non-hydrogen) atoms. The standard InChI is InChI=1S/C12H20BF3N.K/c1-10(13(14,15)16)9-17-8-4-6-11-5-2-3-7-12(11)17;/h11-12H,1-9H2;/q-1;+1/t11-,12-;/m1./s1. The molecule has 2 fully saturated rings. The van der Waals surface area contributed by atoms with E-state index in [1.165, 1.54) is 25.7 Å². The van der Waals surface area contributed by atoms with E-state index in [2.05, 4.69) is 6.58 Å². The van der Waals surface area contributed by atoms with Crippen molar-refractivity contribution < 1.29 is 64.3 Å². The second-order valence-electron chi connectivity index (χ2n) is 5.46. The summed E-state index contributed by atoms with van der Waals surface area (Å²) < 4.78 is 37.7. The summed E-state index contributed by atoms with van der Waals surface area (Å²) >= 11 is 0. The molecule has 2 atom stereocenters. The number of rotatable bonds is 3. The Kier molecular flexibility index (Phi) is 6.97. The van der Waals surface area contributed by atoms with Crippen LogP contribution in [-0.2, 0) is 0 Å². The fraction of sp³-hybridized carbons (Fsp3) is 0.833. The van der Waals surface area contributed by atoms with E-state index >= 15 is 0 Å². The summed E-state index contributed by atoms with van der Waals surface area (Å²) in [6.45, 7) is -0.803. The molecule has 0 N–H and O–H groups in total. The number of likely N-dealkylation sites (tertiary alicyclic amines) is 1. The molecular formula is C12H20BF3KN. The Morgan fingerprint density at radius 2 is 1.72 bits per heavy atom. The van der Waals surface area contributed by atoms with Gasteiger partial charge in [-0.05, 0) is 44.7 Å². The Morgan fingerprint density at radius 1 is 1.11 bits per heavy atom. The molecule has 0 spiro atoms. The summed E-state index contributed by atoms with van der Waals surface area (Å²) in [6, 6.07) is 0.382. The van der Waals surface area contributed by atoms with E-state index < -0.39 is 12.4 Å². The summed E-state index contributed by atoms with van der Waals surface area (Å²) in [5, 5.41) is 0. The van der Waals surface area contributed by atoms with Crippen LogP contribution in [0.3, 0.4) is 0 Å². The zero-order valence-electron chi connectivity index (χ0n) is 11.2. The van der Waals surface area contributed by atoms with Crippen LogP contribution < -0.4 is 51.4 Å². The van der Waals surface area contributed by atoms with Gasteiger partial charge in [-0.25, -0.2) is 0 Å². The van der Waals surface area contributed by atoms with Crippen molar-refractivity contribution in [3.63, 3.8) is 0 Å². The van der Waals surface area contributed by atoms with Crippen molar-refractivity contribution in [2.75, 3.05) is 13.1 Å². The predicted molar refractivity (Wildman–Crippen MR) is 64.8 cm³/mol. The van der Waals surface area contributed by atoms with Gasteiger partial charge in [-0.15, -0.1) is 12.1 Å². The molecule has 6 heteroatoms. The number of hydrogen-bond acceptors (Lipinski definition) is 1. The van der Waals surface area contributed by atoms with Gasteiger partial charge in [0, 0.05) is 6.04 Å². The number of piperidine rings is 1. The van der Waals surface area contributed by atoms with E-state index in [0.717, 1.165) is 19.4 Å². The Hall–Kier alpha value is 1.19. The van der Waals surface area contributed by atoms with E-state index in [0.29, 0.717) is 12.0 Å². The molecule has 0 amide bonds. The molecule has 1 saturated carbocycles. The van der Waals surface area contributed by atoms with Crippen LogP contribution in [0.5, 0.6) is 0 Å². The van der Waals surface area contributed by atoms with Gasteiger partial charge < -0.3 is 12.9 Å². The summed E-state index contributed by atoms with van der Waals surface area (Å²) in [4.78, 5) is 2.03. The van der Waals surface area contributed by atoms with Gasteiger partial charge in [-0.1, -0.05) is 12.8 Å². The van der Waals surface area contributed by atoms with Crippen LogP contribution in [0.4, 0.5) is 12.9 Å². The molecule has 1 saturated heterocycles. The molecule has 0 bridgehead atoms. The summed E-state index contributed by atoms with van der Waals surface area (Å²) in [5.74, 6) is 0.631. The smallest absolute Gasteiger partial charge is 0.445 e. The van der Waals surface area contributed by atoms with Crippen molar-refractivity contribution >= 4 is 6.98 Å². The first-order chi connectivity index (χ1) is 7.98. The molecule has 0 radical (unpaired) electrons. The number of nitrogens with zero attached hydrogens (tertiary/aromatic N) is 1. The van der Waals surface area contributed by atoms with E-state index in [1.807, 2.05) is 4.90 Å². The van der Waals surface area contributed by atoms with Crippen LogP contribution in [0.2, 0.25) is 0 Å². The third-order valence-electron chi connectivity index (χ3n) is 4.23. The quantitative estimate of drug-likeness (QED) is 0.686. The largest absolute Gasteiger partial charge is 1.00 e. The Morgan fingerprint density at radius 3 is 2.39 bits per heavy atom. The van der Waals surface area contributed by atoms with Gasteiger partial charge in [-0.3, -0.25) is 4.90 Å². The molecule has 1 aliphatic heterocycles. The number of halogens is 3. The molecule has 0 aromatic heterocycles. The topological polar surface area (TPSA) is 3.24 Å². The van der Waals surface area contributed by atoms with Crippen molar-refractivity contribution in [2.24, 2.45) is 5.92 Å². The third-order valence-corrected chi connectivity index (χ3v) is 4.23. The molecule has 0 aromatic carbocycles. The van der Waals surface area contributed by atoms with Gasteiger partial charge in [0.25, 0.3) is 0 Å². The Bertz CT molecular complexity index is 294. The summed E-state index contributed by atoms with van der Waals surface area (Å²) in [6.07, 6.45) is 6.93. The SMILES string of the molecule is C=C(CN1CCC[C@H]2CCCC[C@H]21)[B-](F)(F)F.[K+]. The second-order valence-corrected chi connectivity index (χ2v) is 5.46. The minimum atomic E-state index is -4.87. The van der Waals surface area contributed by atoms with Crippen LogP contribution in [0, 0.1) is 5.92 Å². The van der Waals surface area contributed by atoms with E-state index in [4.69, 9.17) is 0 Å². The first-order valence-corrected chi connectivity index (χ1v) is 6.60. The molecule has 0 aromatic rings. The first-order valence-electron chi connectivity index (χ1n) is 6.60. The van der Waals surface area contributed by atoms with Crippen LogP contribution in [-0.4, -0.2) is 31.0 Å². The fourth-order valence-electron chi connectivity index (χ4n) is 3.29. The van der Waals surface area contributed by atoms with E-state index in [1.54, 1.807) is 0 Å². The van der Waals surface area contributed by atoms with Gasteiger partial charge in [0.1, 0.15) is 0 Å². The molecule has 1 heterocycles. The van der Waals surface area contributed by atoms with Gasteiger partial charge >= 0.3 is 58.4 Å². The average molecular weight is 285 g/mol. The molecular weight excluding hydrogens is 265 g/mol. The van der Waals surface area contributed by atoms with Crippen molar-refractivity contribution in [1.29, 1.82) is 0 Å². The zero-order valence-corrected chi connectivity index (χ0v) is 14.3. The van der Waals surface area contributed by atoms with Gasteiger partial charge in [0.05, 0.1) is 0 Å². The molecule has 0 unspecified atom stereocenters. The predicted octanol–water partition coefficient (Wildman–Crippen LogP) is 0.588. The Labute approximate surface area is 150 Å². The van der Waals surface area contributed by atoms with Crippen LogP contribution in [0.1, 0.15) is 38.5 Å². The summed E-state index contributed by atoms with van der Waals surface area (Å²) in [7, 11) is 0. The minimum absolute atomic E-state index is 0. The monoisotopic (exact) mass is 285 g/mol. The normalized spacial score (nSPS) is 29.3. The zero-order chi connectivity index (χ0) is 12.5. The number of fused-ring (bicyclic) bond motifs is 1. The van der Waals surface area contributed by atoms with Crippen LogP contribution in [0.15, 0.2) is 12.1 Å². The molecule has 2 rings (SSSR count). The van der Waals surface area contributed by atoms with Gasteiger partial charge in [-0.2, -0.15) is 0 Å². The number of hydrogen-bond donors (Lipinski definition) is 0. The van der Waals surface area contributed by atoms with Crippen LogP contribution in [0.25, 0.3) is 0 Å². The molecule has 98 valence electrons. The first kappa shape index (κ1) is 17.2. The minimum Gasteiger partial charge on any atom is -0.445 e. The van der Waals surface area contributed by atoms with Crippen molar-refractivity contribution in [3.8, 4) is 0 Å². The van der Waals surface area contributed by atoms with Gasteiger partial charge in [0.2, 0.25) is 0 Å². The van der Waals surface area contributed by atoms with E-state index in [9.17, 15) is 12.9 Å². The van der Waals surface area contributed by atoms with Crippen molar-refractivity contribution in [3.05, 3.63) is 12.1 Å². The van der Waals surface area contributed by atoms with Crippen LogP contribution >= 0.6 is 0 Å². The molecule has 1 aliphatic carbocycles. The van der Waals surface area contributed by atoms with E-state index in [-0.39, 0.29) is 57.9 Å². The van der Waals surface area contributed by atoms with Crippen molar-refractivity contribution in [2.45, 2.75) is 44.6 Å². The Balaban J connectivity index is 0.00000162. The van der Waals surface area contributed by atoms with Crippen molar-refractivity contribution in [1.82, 2.24) is 4.90 Å². The average Bonchev–Trinajstić information content (AvgIpc) is 2.28. The maximum Gasteiger partial charge on any atom is 1.00 e. The third kappa shape index (κ3) is 4.35. The molecule has 1 nitrogen and oxygen atoms in total. The summed E-state index contributed by atoms with van der Waals surface area (Å²) in [5.41, 5.74) is -0.531. The molecule has 2 aliphatic rings. The van der Waals surface area contributed by atoms with Gasteiger partial charge in [0.15, 0.2) is 0 Å². The maximum absolute atomic E-state index is 12.6. The second kappa shape index (κ2) is 7.27. The maximum atomic E-state index is 12.6. The fourth-order valence-corrected chi connectivity index (χ4v) is 3.29.